The van der Waals surface area contributed by atoms with Gasteiger partial charge >= 0.3 is 0 Å². The van der Waals surface area contributed by atoms with Crippen molar-refractivity contribution in [1.29, 1.82) is 0 Å². The maximum absolute atomic E-state index is 12.8. The van der Waals surface area contributed by atoms with Gasteiger partial charge in [-0.1, -0.05) is 0 Å². The zero-order valence-corrected chi connectivity index (χ0v) is 15.3. The van der Waals surface area contributed by atoms with Gasteiger partial charge in [-0.05, 0) is 25.2 Å². The molecule has 0 N–H and O–H groups in total. The zero-order valence-electron chi connectivity index (χ0n) is 15.3. The summed E-state index contributed by atoms with van der Waals surface area (Å²) >= 11 is 0. The molecular formula is C19H24N6O2. The maximum Gasteiger partial charge on any atom is 0.274 e. The van der Waals surface area contributed by atoms with Gasteiger partial charge in [-0.3, -0.25) is 14.6 Å². The van der Waals surface area contributed by atoms with Crippen LogP contribution in [0.5, 0.6) is 0 Å². The summed E-state index contributed by atoms with van der Waals surface area (Å²) in [6.07, 6.45) is 13.4. The smallest absolute Gasteiger partial charge is 0.274 e. The molecule has 2 aromatic rings. The van der Waals surface area contributed by atoms with Crippen LogP contribution in [0, 0.1) is 5.92 Å². The molecule has 0 radical (unpaired) electrons. The molecule has 5 heterocycles. The molecule has 2 bridgehead atoms. The highest BCUT2D eigenvalue weighted by molar-refractivity contribution is 5.92. The van der Waals surface area contributed by atoms with Crippen molar-refractivity contribution in [2.75, 3.05) is 19.6 Å². The molecule has 2 aromatic heterocycles. The normalized spacial score (nSPS) is 21.9. The number of carbonyl (C=O) groups excluding carboxylic acids is 2. The number of nitrogens with zero attached hydrogens (tertiary/aromatic N) is 6. The fraction of sp³-hybridized carbons (Fsp3) is 0.526. The van der Waals surface area contributed by atoms with E-state index in [1.807, 2.05) is 20.6 Å². The topological polar surface area (TPSA) is 84.2 Å². The van der Waals surface area contributed by atoms with Crippen LogP contribution in [0.4, 0.5) is 0 Å². The Kier molecular flexibility index (Phi) is 5.13. The Hall–Kier alpha value is -2.77. The predicted octanol–water partition coefficient (Wildman–Crippen LogP) is 1.22. The first-order valence-corrected chi connectivity index (χ1v) is 9.51. The van der Waals surface area contributed by atoms with Crippen LogP contribution < -0.4 is 0 Å². The maximum atomic E-state index is 12.8. The van der Waals surface area contributed by atoms with Gasteiger partial charge in [-0.25, -0.2) is 9.97 Å². The Labute approximate surface area is 158 Å². The van der Waals surface area contributed by atoms with Gasteiger partial charge in [0.15, 0.2) is 0 Å². The molecule has 3 aliphatic heterocycles. The second kappa shape index (κ2) is 7.85. The quantitative estimate of drug-likeness (QED) is 0.792. The van der Waals surface area contributed by atoms with E-state index in [4.69, 9.17) is 0 Å². The van der Waals surface area contributed by atoms with Crippen LogP contribution in [0.15, 0.2) is 37.3 Å². The molecule has 0 unspecified atom stereocenters. The molecular weight excluding hydrogens is 344 g/mol. The number of amides is 2. The fourth-order valence-electron chi connectivity index (χ4n) is 4.10. The van der Waals surface area contributed by atoms with Gasteiger partial charge in [-0.2, -0.15) is 0 Å². The van der Waals surface area contributed by atoms with Gasteiger partial charge in [0.05, 0.1) is 12.5 Å². The van der Waals surface area contributed by atoms with E-state index in [0.717, 1.165) is 32.4 Å². The number of aromatic nitrogens is 4. The molecule has 8 heteroatoms. The van der Waals surface area contributed by atoms with E-state index < -0.39 is 0 Å². The number of fused-ring (bicyclic) bond motifs is 4. The van der Waals surface area contributed by atoms with Crippen LogP contribution in [0.3, 0.4) is 0 Å². The zero-order chi connectivity index (χ0) is 18.6. The monoisotopic (exact) mass is 368 g/mol. The van der Waals surface area contributed by atoms with E-state index in [2.05, 4.69) is 15.0 Å². The summed E-state index contributed by atoms with van der Waals surface area (Å²) in [7, 11) is 0. The van der Waals surface area contributed by atoms with Crippen molar-refractivity contribution < 1.29 is 9.59 Å². The standard InChI is InChI=1S/C19H24N6O2/c26-18(2-1-8-23-9-7-21-14-23)25-12-15-3-4-16(25)13-24(11-15)19(27)17-10-20-5-6-22-17/h5-7,9-10,14-16H,1-4,8,11-13H2/t15-,16+/m1/s1. The molecule has 2 amide bonds. The van der Waals surface area contributed by atoms with Crippen LogP contribution in [-0.2, 0) is 11.3 Å². The minimum Gasteiger partial charge on any atom is -0.338 e. The molecule has 0 spiro atoms. The number of carbonyl (C=O) groups is 2. The van der Waals surface area contributed by atoms with Gasteiger partial charge in [0.1, 0.15) is 5.69 Å². The third-order valence-corrected chi connectivity index (χ3v) is 5.47. The first kappa shape index (κ1) is 17.6. The van der Waals surface area contributed by atoms with Crippen molar-refractivity contribution in [2.45, 2.75) is 38.3 Å². The van der Waals surface area contributed by atoms with E-state index in [-0.39, 0.29) is 17.9 Å². The van der Waals surface area contributed by atoms with Crippen LogP contribution in [0.2, 0.25) is 0 Å². The molecule has 142 valence electrons. The summed E-state index contributed by atoms with van der Waals surface area (Å²) in [6, 6.07) is 0.102. The van der Waals surface area contributed by atoms with E-state index in [1.54, 1.807) is 18.7 Å². The highest BCUT2D eigenvalue weighted by atomic mass is 16.2. The van der Waals surface area contributed by atoms with E-state index >= 15 is 0 Å². The SMILES string of the molecule is O=C(c1cnccn1)N1C[C@H]2CC[C@@H](C1)N(C(=O)CCCn1ccnc1)C2. The summed E-state index contributed by atoms with van der Waals surface area (Å²) in [6.45, 7) is 2.81. The molecule has 3 aliphatic rings. The van der Waals surface area contributed by atoms with Crippen molar-refractivity contribution in [2.24, 2.45) is 5.92 Å². The lowest BCUT2D eigenvalue weighted by molar-refractivity contribution is -0.135. The molecule has 3 fully saturated rings. The molecule has 0 aliphatic carbocycles. The lowest BCUT2D eigenvalue weighted by Crippen LogP contribution is -2.47. The highest BCUT2D eigenvalue weighted by Crippen LogP contribution is 2.29. The van der Waals surface area contributed by atoms with Gasteiger partial charge in [0, 0.05) is 63.4 Å². The van der Waals surface area contributed by atoms with Gasteiger partial charge in [0.25, 0.3) is 5.91 Å². The number of hydrogen-bond donors (Lipinski definition) is 0. The average molecular weight is 368 g/mol. The van der Waals surface area contributed by atoms with Crippen LogP contribution >= 0.6 is 0 Å². The second-order valence-electron chi connectivity index (χ2n) is 7.35. The van der Waals surface area contributed by atoms with Crippen molar-refractivity contribution in [3.05, 3.63) is 43.0 Å². The summed E-state index contributed by atoms with van der Waals surface area (Å²) < 4.78 is 1.99. The minimum atomic E-state index is -0.0885. The molecule has 27 heavy (non-hydrogen) atoms. The van der Waals surface area contributed by atoms with E-state index in [1.165, 1.54) is 12.4 Å². The molecule has 0 saturated carbocycles. The van der Waals surface area contributed by atoms with Crippen LogP contribution in [0.1, 0.15) is 36.2 Å². The Morgan fingerprint density at radius 1 is 1.07 bits per heavy atom. The lowest BCUT2D eigenvalue weighted by atomic mass is 9.94. The molecule has 8 nitrogen and oxygen atoms in total. The Bertz CT molecular complexity index is 779. The fourth-order valence-corrected chi connectivity index (χ4v) is 4.10. The Morgan fingerprint density at radius 3 is 2.78 bits per heavy atom. The Morgan fingerprint density at radius 2 is 2.00 bits per heavy atom. The molecule has 5 rings (SSSR count). The molecule has 0 aromatic carbocycles. The minimum absolute atomic E-state index is 0.0885. The summed E-state index contributed by atoms with van der Waals surface area (Å²) in [5.74, 6) is 0.440. The highest BCUT2D eigenvalue weighted by Gasteiger charge is 2.38. The van der Waals surface area contributed by atoms with Crippen LogP contribution in [-0.4, -0.2) is 66.8 Å². The number of imidazole rings is 1. The van der Waals surface area contributed by atoms with Crippen molar-refractivity contribution >= 4 is 11.8 Å². The second-order valence-corrected chi connectivity index (χ2v) is 7.35. The van der Waals surface area contributed by atoms with Crippen molar-refractivity contribution in [3.8, 4) is 0 Å². The van der Waals surface area contributed by atoms with Gasteiger partial charge in [0.2, 0.25) is 5.91 Å². The first-order valence-electron chi connectivity index (χ1n) is 9.51. The number of aryl methyl sites for hydroxylation is 1. The Balaban J connectivity index is 1.37. The molecule has 2 atom stereocenters. The molecule has 3 saturated heterocycles. The first-order chi connectivity index (χ1) is 13.2. The third kappa shape index (κ3) is 3.99. The van der Waals surface area contributed by atoms with Gasteiger partial charge in [-0.15, -0.1) is 0 Å². The van der Waals surface area contributed by atoms with Crippen LogP contribution in [0.25, 0.3) is 0 Å². The average Bonchev–Trinajstić information content (AvgIpc) is 3.05. The van der Waals surface area contributed by atoms with E-state index in [9.17, 15) is 9.59 Å². The summed E-state index contributed by atoms with van der Waals surface area (Å²) in [5, 5.41) is 0. The predicted molar refractivity (Wildman–Crippen MR) is 97.6 cm³/mol. The van der Waals surface area contributed by atoms with Gasteiger partial charge < -0.3 is 14.4 Å². The van der Waals surface area contributed by atoms with Crippen molar-refractivity contribution in [3.63, 3.8) is 0 Å². The number of hydrogen-bond acceptors (Lipinski definition) is 5. The number of rotatable bonds is 5. The lowest BCUT2D eigenvalue weighted by Gasteiger charge is -2.36. The third-order valence-electron chi connectivity index (χ3n) is 5.47. The largest absolute Gasteiger partial charge is 0.338 e. The summed E-state index contributed by atoms with van der Waals surface area (Å²) in [4.78, 5) is 41.6. The number of piperidine rings is 1. The van der Waals surface area contributed by atoms with E-state index in [0.29, 0.717) is 31.1 Å². The summed E-state index contributed by atoms with van der Waals surface area (Å²) in [5.41, 5.74) is 0.372. The van der Waals surface area contributed by atoms with Crippen molar-refractivity contribution in [1.82, 2.24) is 29.3 Å².